The van der Waals surface area contributed by atoms with E-state index in [1.165, 1.54) is 0 Å². The van der Waals surface area contributed by atoms with Crippen molar-refractivity contribution >= 4 is 0 Å². The smallest absolute Gasteiger partial charge is 0.119 e. The van der Waals surface area contributed by atoms with E-state index >= 15 is 0 Å². The molecule has 21 heavy (non-hydrogen) atoms. The van der Waals surface area contributed by atoms with Gasteiger partial charge in [-0.3, -0.25) is 0 Å². The Morgan fingerprint density at radius 3 is 2.43 bits per heavy atom. The van der Waals surface area contributed by atoms with E-state index in [0.29, 0.717) is 18.1 Å². The highest BCUT2D eigenvalue weighted by molar-refractivity contribution is 5.21. The quantitative estimate of drug-likeness (QED) is 0.853. The third-order valence-corrected chi connectivity index (χ3v) is 4.18. The van der Waals surface area contributed by atoms with Gasteiger partial charge in [-0.05, 0) is 43.7 Å². The van der Waals surface area contributed by atoms with Crippen molar-refractivity contribution in [2.24, 2.45) is 0 Å². The van der Waals surface area contributed by atoms with Crippen LogP contribution in [0.3, 0.4) is 0 Å². The Morgan fingerprint density at radius 1 is 1.10 bits per heavy atom. The highest BCUT2D eigenvalue weighted by atomic mass is 16.5. The highest BCUT2D eigenvalue weighted by Crippen LogP contribution is 2.30. The Balaban J connectivity index is 1.55. The maximum absolute atomic E-state index is 6.04. The fraction of sp³-hybridized carbons (Fsp3) is 0.529. The number of benzene rings is 1. The first-order valence-electron chi connectivity index (χ1n) is 7.86. The van der Waals surface area contributed by atoms with Crippen molar-refractivity contribution in [3.8, 4) is 5.75 Å². The Kier molecular flexibility index (Phi) is 4.23. The van der Waals surface area contributed by atoms with Gasteiger partial charge in [0.25, 0.3) is 0 Å². The molecule has 0 atom stereocenters. The second kappa shape index (κ2) is 6.29. The van der Waals surface area contributed by atoms with Crippen LogP contribution in [0.15, 0.2) is 36.5 Å². The Bertz CT molecular complexity index is 556. The fourth-order valence-electron chi connectivity index (χ4n) is 2.85. The Morgan fingerprint density at radius 2 is 1.81 bits per heavy atom. The van der Waals surface area contributed by atoms with Crippen LogP contribution in [0.2, 0.25) is 0 Å². The van der Waals surface area contributed by atoms with E-state index in [1.54, 1.807) is 0 Å². The van der Waals surface area contributed by atoms with Crippen LogP contribution in [-0.2, 0) is 0 Å². The third-order valence-electron chi connectivity index (χ3n) is 4.18. The van der Waals surface area contributed by atoms with Gasteiger partial charge in [-0.15, -0.1) is 5.10 Å². The molecule has 4 nitrogen and oxygen atoms in total. The predicted molar refractivity (Wildman–Crippen MR) is 82.5 cm³/mol. The van der Waals surface area contributed by atoms with Gasteiger partial charge in [-0.1, -0.05) is 37.3 Å². The number of ether oxygens (including phenoxy) is 1. The molecule has 1 aromatic heterocycles. The SMILES string of the molecule is CC(C)c1cn(C2CCC(Oc3ccccc3)CC2)nn1. The molecule has 1 fully saturated rings. The van der Waals surface area contributed by atoms with E-state index in [9.17, 15) is 0 Å². The molecule has 4 heteroatoms. The van der Waals surface area contributed by atoms with Gasteiger partial charge in [0, 0.05) is 6.20 Å². The fourth-order valence-corrected chi connectivity index (χ4v) is 2.85. The van der Waals surface area contributed by atoms with E-state index in [2.05, 4.69) is 30.4 Å². The summed E-state index contributed by atoms with van der Waals surface area (Å²) in [5.74, 6) is 1.42. The first-order valence-corrected chi connectivity index (χ1v) is 7.86. The summed E-state index contributed by atoms with van der Waals surface area (Å²) in [6, 6.07) is 10.6. The van der Waals surface area contributed by atoms with Crippen molar-refractivity contribution in [3.05, 3.63) is 42.2 Å². The van der Waals surface area contributed by atoms with Gasteiger partial charge in [-0.25, -0.2) is 4.68 Å². The molecule has 3 rings (SSSR count). The van der Waals surface area contributed by atoms with Gasteiger partial charge in [-0.2, -0.15) is 0 Å². The minimum atomic E-state index is 0.330. The van der Waals surface area contributed by atoms with Gasteiger partial charge in [0.1, 0.15) is 5.75 Å². The highest BCUT2D eigenvalue weighted by Gasteiger charge is 2.24. The summed E-state index contributed by atoms with van der Waals surface area (Å²) in [5, 5.41) is 8.56. The van der Waals surface area contributed by atoms with Crippen LogP contribution in [0.5, 0.6) is 5.75 Å². The summed E-state index contributed by atoms with van der Waals surface area (Å²) in [4.78, 5) is 0. The van der Waals surface area contributed by atoms with Crippen LogP contribution in [0.1, 0.15) is 57.2 Å². The van der Waals surface area contributed by atoms with Crippen LogP contribution >= 0.6 is 0 Å². The zero-order valence-corrected chi connectivity index (χ0v) is 12.8. The minimum absolute atomic E-state index is 0.330. The number of hydrogen-bond acceptors (Lipinski definition) is 3. The molecule has 1 saturated carbocycles. The largest absolute Gasteiger partial charge is 0.490 e. The molecule has 0 bridgehead atoms. The van der Waals surface area contributed by atoms with Gasteiger partial charge in [0.2, 0.25) is 0 Å². The average molecular weight is 285 g/mol. The molecule has 1 aliphatic carbocycles. The zero-order chi connectivity index (χ0) is 14.7. The van der Waals surface area contributed by atoms with Crippen molar-refractivity contribution in [1.82, 2.24) is 15.0 Å². The topological polar surface area (TPSA) is 39.9 Å². The molecule has 1 heterocycles. The lowest BCUT2D eigenvalue weighted by Gasteiger charge is -2.28. The van der Waals surface area contributed by atoms with E-state index in [4.69, 9.17) is 4.74 Å². The standard InChI is InChI=1S/C17H23N3O/c1-13(2)17-12-20(19-18-17)14-8-10-16(11-9-14)21-15-6-4-3-5-7-15/h3-7,12-14,16H,8-11H2,1-2H3. The number of aromatic nitrogens is 3. The summed E-state index contributed by atoms with van der Waals surface area (Å²) >= 11 is 0. The summed E-state index contributed by atoms with van der Waals surface area (Å²) in [6.07, 6.45) is 6.81. The van der Waals surface area contributed by atoms with Crippen LogP contribution < -0.4 is 4.74 Å². The van der Waals surface area contributed by atoms with Crippen LogP contribution in [-0.4, -0.2) is 21.1 Å². The molecular weight excluding hydrogens is 262 g/mol. The Labute approximate surface area is 126 Å². The van der Waals surface area contributed by atoms with E-state index in [0.717, 1.165) is 37.1 Å². The van der Waals surface area contributed by atoms with Crippen molar-refractivity contribution in [2.45, 2.75) is 57.6 Å². The summed E-state index contributed by atoms with van der Waals surface area (Å²) in [6.45, 7) is 4.30. The van der Waals surface area contributed by atoms with Crippen molar-refractivity contribution < 1.29 is 4.74 Å². The summed E-state index contributed by atoms with van der Waals surface area (Å²) in [7, 11) is 0. The normalized spacial score (nSPS) is 22.4. The molecule has 0 aliphatic heterocycles. The molecule has 0 N–H and O–H groups in total. The molecule has 0 saturated heterocycles. The second-order valence-electron chi connectivity index (χ2n) is 6.14. The molecule has 1 aliphatic rings. The van der Waals surface area contributed by atoms with Crippen LogP contribution in [0.4, 0.5) is 0 Å². The van der Waals surface area contributed by atoms with Crippen molar-refractivity contribution in [1.29, 1.82) is 0 Å². The molecular formula is C17H23N3O. The van der Waals surface area contributed by atoms with E-state index in [1.807, 2.05) is 35.0 Å². The summed E-state index contributed by atoms with van der Waals surface area (Å²) < 4.78 is 8.09. The van der Waals surface area contributed by atoms with Crippen molar-refractivity contribution in [3.63, 3.8) is 0 Å². The molecule has 0 radical (unpaired) electrons. The minimum Gasteiger partial charge on any atom is -0.490 e. The summed E-state index contributed by atoms with van der Waals surface area (Å²) in [5.41, 5.74) is 1.08. The average Bonchev–Trinajstić information content (AvgIpc) is 2.99. The van der Waals surface area contributed by atoms with Gasteiger partial charge in [0.05, 0.1) is 17.8 Å². The number of hydrogen-bond donors (Lipinski definition) is 0. The molecule has 0 spiro atoms. The molecule has 112 valence electrons. The van der Waals surface area contributed by atoms with Crippen LogP contribution in [0, 0.1) is 0 Å². The monoisotopic (exact) mass is 285 g/mol. The van der Waals surface area contributed by atoms with Gasteiger partial charge >= 0.3 is 0 Å². The number of nitrogens with zero attached hydrogens (tertiary/aromatic N) is 3. The maximum Gasteiger partial charge on any atom is 0.119 e. The van der Waals surface area contributed by atoms with E-state index < -0.39 is 0 Å². The Hall–Kier alpha value is -1.84. The molecule has 2 aromatic rings. The second-order valence-corrected chi connectivity index (χ2v) is 6.14. The first kappa shape index (κ1) is 14.1. The predicted octanol–water partition coefficient (Wildman–Crippen LogP) is 3.96. The van der Waals surface area contributed by atoms with E-state index in [-0.39, 0.29) is 0 Å². The molecule has 0 unspecified atom stereocenters. The third kappa shape index (κ3) is 3.43. The first-order chi connectivity index (χ1) is 10.2. The van der Waals surface area contributed by atoms with Gasteiger partial charge < -0.3 is 4.74 Å². The van der Waals surface area contributed by atoms with Crippen LogP contribution in [0.25, 0.3) is 0 Å². The maximum atomic E-state index is 6.04. The number of para-hydroxylation sites is 1. The zero-order valence-electron chi connectivity index (χ0n) is 12.8. The lowest BCUT2D eigenvalue weighted by molar-refractivity contribution is 0.129. The molecule has 0 amide bonds. The lowest BCUT2D eigenvalue weighted by atomic mass is 9.93. The molecule has 1 aromatic carbocycles. The van der Waals surface area contributed by atoms with Crippen molar-refractivity contribution in [2.75, 3.05) is 0 Å². The lowest BCUT2D eigenvalue weighted by Crippen LogP contribution is -2.26. The number of rotatable bonds is 4. The van der Waals surface area contributed by atoms with Gasteiger partial charge in [0.15, 0.2) is 0 Å².